The third kappa shape index (κ3) is 3.03. The first-order valence-corrected chi connectivity index (χ1v) is 6.42. The van der Waals surface area contributed by atoms with Crippen molar-refractivity contribution in [2.24, 2.45) is 5.41 Å². The summed E-state index contributed by atoms with van der Waals surface area (Å²) in [5.74, 6) is -1.03. The lowest BCUT2D eigenvalue weighted by atomic mass is 9.80. The van der Waals surface area contributed by atoms with Crippen LogP contribution in [0.5, 0.6) is 0 Å². The fourth-order valence-electron chi connectivity index (χ4n) is 2.33. The molecule has 0 amide bonds. The van der Waals surface area contributed by atoms with Crippen molar-refractivity contribution in [2.45, 2.75) is 26.2 Å². The molecule has 0 atom stereocenters. The molecule has 0 N–H and O–H groups in total. The molecule has 19 heavy (non-hydrogen) atoms. The van der Waals surface area contributed by atoms with Gasteiger partial charge in [-0.15, -0.1) is 0 Å². The summed E-state index contributed by atoms with van der Waals surface area (Å²) in [5.41, 5.74) is 0.0681. The van der Waals surface area contributed by atoms with Gasteiger partial charge >= 0.3 is 0 Å². The molecule has 0 spiro atoms. The average Bonchev–Trinajstić information content (AvgIpc) is 2.87. The van der Waals surface area contributed by atoms with E-state index in [1.54, 1.807) is 0 Å². The van der Waals surface area contributed by atoms with Gasteiger partial charge in [0.15, 0.2) is 5.78 Å². The van der Waals surface area contributed by atoms with Crippen LogP contribution < -0.4 is 0 Å². The highest BCUT2D eigenvalue weighted by Crippen LogP contribution is 2.36. The molecule has 0 radical (unpaired) electrons. The number of ketones is 1. The van der Waals surface area contributed by atoms with E-state index in [1.165, 1.54) is 7.11 Å². The van der Waals surface area contributed by atoms with Crippen molar-refractivity contribution in [3.8, 4) is 0 Å². The van der Waals surface area contributed by atoms with Crippen molar-refractivity contribution in [3.05, 3.63) is 35.9 Å². The van der Waals surface area contributed by atoms with Crippen LogP contribution in [0.2, 0.25) is 0 Å². The highest BCUT2D eigenvalue weighted by molar-refractivity contribution is 6.00. The number of ether oxygens (including phenoxy) is 3. The van der Waals surface area contributed by atoms with Crippen LogP contribution in [0, 0.1) is 5.41 Å². The smallest absolute Gasteiger partial charge is 0.283 e. The van der Waals surface area contributed by atoms with Crippen molar-refractivity contribution >= 4 is 5.78 Å². The summed E-state index contributed by atoms with van der Waals surface area (Å²) in [6.45, 7) is 4.75. The summed E-state index contributed by atoms with van der Waals surface area (Å²) in [7, 11) is 1.54. The number of rotatable bonds is 5. The van der Waals surface area contributed by atoms with Gasteiger partial charge in [0.05, 0.1) is 13.2 Å². The van der Waals surface area contributed by atoms with E-state index in [4.69, 9.17) is 14.2 Å². The second kappa shape index (κ2) is 5.41. The largest absolute Gasteiger partial charge is 0.331 e. The van der Waals surface area contributed by atoms with Crippen molar-refractivity contribution in [3.63, 3.8) is 0 Å². The standard InChI is InChI=1S/C15H20O4/c1-14(2,11-15(17-3)18-9-10-19-15)13(16)12-7-5-4-6-8-12/h4-8H,9-11H2,1-3H3. The lowest BCUT2D eigenvalue weighted by molar-refractivity contribution is -0.329. The molecule has 1 fully saturated rings. The summed E-state index contributed by atoms with van der Waals surface area (Å²) in [4.78, 5) is 12.5. The molecule has 0 saturated carbocycles. The van der Waals surface area contributed by atoms with Crippen LogP contribution in [0.15, 0.2) is 30.3 Å². The summed E-state index contributed by atoms with van der Waals surface area (Å²) in [6.07, 6.45) is 0.365. The monoisotopic (exact) mass is 264 g/mol. The van der Waals surface area contributed by atoms with E-state index in [0.29, 0.717) is 25.2 Å². The van der Waals surface area contributed by atoms with Gasteiger partial charge in [0, 0.05) is 24.5 Å². The third-order valence-corrected chi connectivity index (χ3v) is 3.35. The SMILES string of the molecule is COC1(CC(C)(C)C(=O)c2ccccc2)OCCO1. The first-order valence-electron chi connectivity index (χ1n) is 6.42. The molecular formula is C15H20O4. The topological polar surface area (TPSA) is 44.8 Å². The number of Topliss-reactive ketones (excluding diaryl/α,β-unsaturated/α-hetero) is 1. The molecule has 0 aliphatic carbocycles. The first kappa shape index (κ1) is 14.2. The zero-order chi connectivity index (χ0) is 13.9. The second-order valence-corrected chi connectivity index (χ2v) is 5.34. The van der Waals surface area contributed by atoms with E-state index in [1.807, 2.05) is 44.2 Å². The lowest BCUT2D eigenvalue weighted by Gasteiger charge is -2.33. The fraction of sp³-hybridized carbons (Fsp3) is 0.533. The molecule has 1 aromatic rings. The summed E-state index contributed by atoms with van der Waals surface area (Å²) >= 11 is 0. The maximum Gasteiger partial charge on any atom is 0.283 e. The first-order chi connectivity index (χ1) is 8.99. The predicted octanol–water partition coefficient (Wildman–Crippen LogP) is 2.63. The Morgan fingerprint density at radius 1 is 1.26 bits per heavy atom. The zero-order valence-corrected chi connectivity index (χ0v) is 11.6. The van der Waals surface area contributed by atoms with E-state index in [9.17, 15) is 4.79 Å². The highest BCUT2D eigenvalue weighted by Gasteiger charge is 2.45. The Balaban J connectivity index is 2.16. The molecule has 1 heterocycles. The van der Waals surface area contributed by atoms with E-state index in [2.05, 4.69) is 0 Å². The molecule has 4 heteroatoms. The number of hydrogen-bond donors (Lipinski definition) is 0. The minimum atomic E-state index is -1.09. The Labute approximate surface area is 113 Å². The normalized spacial score (nSPS) is 18.5. The molecule has 1 aliphatic heterocycles. The quantitative estimate of drug-likeness (QED) is 0.767. The van der Waals surface area contributed by atoms with Crippen LogP contribution >= 0.6 is 0 Å². The van der Waals surface area contributed by atoms with Crippen molar-refractivity contribution < 1.29 is 19.0 Å². The fourth-order valence-corrected chi connectivity index (χ4v) is 2.33. The summed E-state index contributed by atoms with van der Waals surface area (Å²) in [5, 5.41) is 0. The number of carbonyl (C=O) groups excluding carboxylic acids is 1. The molecule has 1 saturated heterocycles. The lowest BCUT2D eigenvalue weighted by Crippen LogP contribution is -2.41. The molecule has 0 aromatic heterocycles. The minimum Gasteiger partial charge on any atom is -0.331 e. The van der Waals surface area contributed by atoms with E-state index < -0.39 is 11.4 Å². The maximum absolute atomic E-state index is 12.5. The molecule has 0 bridgehead atoms. The minimum absolute atomic E-state index is 0.0589. The van der Waals surface area contributed by atoms with Gasteiger partial charge < -0.3 is 14.2 Å². The number of benzene rings is 1. The number of carbonyl (C=O) groups is 1. The van der Waals surface area contributed by atoms with Crippen LogP contribution in [0.4, 0.5) is 0 Å². The maximum atomic E-state index is 12.5. The van der Waals surface area contributed by atoms with Gasteiger partial charge in [0.1, 0.15) is 0 Å². The Morgan fingerprint density at radius 3 is 2.37 bits per heavy atom. The van der Waals surface area contributed by atoms with Crippen LogP contribution in [-0.2, 0) is 14.2 Å². The Kier molecular flexibility index (Phi) is 4.04. The summed E-state index contributed by atoms with van der Waals surface area (Å²) in [6, 6.07) is 9.25. The van der Waals surface area contributed by atoms with E-state index >= 15 is 0 Å². The van der Waals surface area contributed by atoms with Crippen LogP contribution in [-0.4, -0.2) is 32.1 Å². The third-order valence-electron chi connectivity index (χ3n) is 3.35. The van der Waals surface area contributed by atoms with Crippen LogP contribution in [0.3, 0.4) is 0 Å². The zero-order valence-electron chi connectivity index (χ0n) is 11.6. The van der Waals surface area contributed by atoms with Crippen LogP contribution in [0.25, 0.3) is 0 Å². The van der Waals surface area contributed by atoms with E-state index in [-0.39, 0.29) is 5.78 Å². The van der Waals surface area contributed by atoms with Gasteiger partial charge in [0.2, 0.25) is 0 Å². The van der Waals surface area contributed by atoms with Gasteiger partial charge in [-0.2, -0.15) is 0 Å². The average molecular weight is 264 g/mol. The summed E-state index contributed by atoms with van der Waals surface area (Å²) < 4.78 is 16.4. The second-order valence-electron chi connectivity index (χ2n) is 5.34. The Bertz CT molecular complexity index is 433. The molecule has 4 nitrogen and oxygen atoms in total. The van der Waals surface area contributed by atoms with Gasteiger partial charge in [0.25, 0.3) is 5.97 Å². The van der Waals surface area contributed by atoms with E-state index in [0.717, 1.165) is 0 Å². The molecule has 2 rings (SSSR count). The molecule has 1 aliphatic rings. The molecule has 0 unspecified atom stereocenters. The Morgan fingerprint density at radius 2 is 1.84 bits per heavy atom. The van der Waals surface area contributed by atoms with Gasteiger partial charge in [-0.3, -0.25) is 4.79 Å². The van der Waals surface area contributed by atoms with Crippen molar-refractivity contribution in [2.75, 3.05) is 20.3 Å². The number of hydrogen-bond acceptors (Lipinski definition) is 4. The van der Waals surface area contributed by atoms with Crippen molar-refractivity contribution in [1.29, 1.82) is 0 Å². The molecule has 1 aromatic carbocycles. The highest BCUT2D eigenvalue weighted by atomic mass is 16.9. The van der Waals surface area contributed by atoms with Gasteiger partial charge in [-0.25, -0.2) is 0 Å². The van der Waals surface area contributed by atoms with Gasteiger partial charge in [-0.05, 0) is 0 Å². The van der Waals surface area contributed by atoms with Crippen LogP contribution in [0.1, 0.15) is 30.6 Å². The predicted molar refractivity (Wildman–Crippen MR) is 70.8 cm³/mol. The molecule has 104 valence electrons. The number of methoxy groups -OCH3 is 1. The van der Waals surface area contributed by atoms with Crippen molar-refractivity contribution in [1.82, 2.24) is 0 Å². The molecular weight excluding hydrogens is 244 g/mol. The Hall–Kier alpha value is -1.23. The van der Waals surface area contributed by atoms with Gasteiger partial charge in [-0.1, -0.05) is 44.2 Å².